The van der Waals surface area contributed by atoms with Crippen molar-refractivity contribution in [1.29, 1.82) is 0 Å². The van der Waals surface area contributed by atoms with E-state index in [0.29, 0.717) is 5.54 Å². The zero-order valence-corrected chi connectivity index (χ0v) is 11.4. The predicted octanol–water partition coefficient (Wildman–Crippen LogP) is 3.26. The summed E-state index contributed by atoms with van der Waals surface area (Å²) in [7, 11) is 2.20. The first-order valence-electron chi connectivity index (χ1n) is 5.70. The molecule has 2 nitrogen and oxygen atoms in total. The van der Waals surface area contributed by atoms with Gasteiger partial charge in [0.05, 0.1) is 0 Å². The Labute approximate surface area is 104 Å². The zero-order valence-electron chi connectivity index (χ0n) is 10.4. The fourth-order valence-corrected chi connectivity index (χ4v) is 3.57. The molecule has 1 radical (unpaired) electrons. The quantitative estimate of drug-likeness (QED) is 0.770. The Hall–Kier alpha value is -1.16. The van der Waals surface area contributed by atoms with Crippen LogP contribution in [0.5, 0.6) is 0 Å². The topological polar surface area (TPSA) is 18.5 Å². The summed E-state index contributed by atoms with van der Waals surface area (Å²) in [6.07, 6.45) is 0. The van der Waals surface area contributed by atoms with Gasteiger partial charge in [-0.1, -0.05) is 49.4 Å². The average Bonchev–Trinajstić information content (AvgIpc) is 2.39. The Balaban J connectivity index is 2.47. The lowest BCUT2D eigenvalue weighted by atomic mass is 10.0. The Morgan fingerprint density at radius 1 is 0.941 bits per heavy atom. The SMILES string of the molecule is CO[Si](OC)C(C)c1cccc2ccccc12. The summed E-state index contributed by atoms with van der Waals surface area (Å²) >= 11 is 0. The molecule has 0 aliphatic heterocycles. The molecule has 0 fully saturated rings. The summed E-state index contributed by atoms with van der Waals surface area (Å²) in [6.45, 7) is 2.17. The van der Waals surface area contributed by atoms with Gasteiger partial charge in [-0.2, -0.15) is 0 Å². The van der Waals surface area contributed by atoms with Gasteiger partial charge >= 0.3 is 9.28 Å². The number of hydrogen-bond acceptors (Lipinski definition) is 2. The predicted molar refractivity (Wildman–Crippen MR) is 72.1 cm³/mol. The Morgan fingerprint density at radius 3 is 2.29 bits per heavy atom. The second-order valence-corrected chi connectivity index (χ2v) is 6.34. The van der Waals surface area contributed by atoms with Crippen LogP contribution in [-0.4, -0.2) is 23.5 Å². The third kappa shape index (κ3) is 2.41. The second-order valence-electron chi connectivity index (χ2n) is 4.02. The molecule has 0 aliphatic rings. The molecule has 1 atom stereocenters. The monoisotopic (exact) mass is 245 g/mol. The molecular formula is C14H17O2Si. The van der Waals surface area contributed by atoms with Gasteiger partial charge in [0.2, 0.25) is 0 Å². The number of rotatable bonds is 4. The second kappa shape index (κ2) is 5.45. The molecule has 0 aromatic heterocycles. The van der Waals surface area contributed by atoms with Crippen LogP contribution >= 0.6 is 0 Å². The minimum Gasteiger partial charge on any atom is -0.396 e. The molecule has 2 rings (SSSR count). The maximum Gasteiger partial charge on any atom is 0.391 e. The van der Waals surface area contributed by atoms with Crippen LogP contribution in [0.3, 0.4) is 0 Å². The van der Waals surface area contributed by atoms with Crippen molar-refractivity contribution in [2.75, 3.05) is 14.2 Å². The molecule has 1 unspecified atom stereocenters. The van der Waals surface area contributed by atoms with E-state index >= 15 is 0 Å². The highest BCUT2D eigenvalue weighted by atomic mass is 28.3. The molecule has 0 heterocycles. The molecule has 0 saturated carbocycles. The molecule has 0 saturated heterocycles. The van der Waals surface area contributed by atoms with Crippen LogP contribution in [0.2, 0.25) is 0 Å². The van der Waals surface area contributed by atoms with Crippen molar-refractivity contribution in [3.63, 3.8) is 0 Å². The van der Waals surface area contributed by atoms with E-state index in [1.807, 2.05) is 0 Å². The standard InChI is InChI=1S/C14H17O2Si/c1-11(17(15-2)16-3)13-10-6-8-12-7-4-5-9-14(12)13/h4-11H,1-3H3. The lowest BCUT2D eigenvalue weighted by Gasteiger charge is -2.19. The van der Waals surface area contributed by atoms with Crippen LogP contribution in [0.4, 0.5) is 0 Å². The zero-order chi connectivity index (χ0) is 12.3. The van der Waals surface area contributed by atoms with E-state index in [2.05, 4.69) is 49.4 Å². The smallest absolute Gasteiger partial charge is 0.391 e. The summed E-state index contributed by atoms with van der Waals surface area (Å²) in [6, 6.07) is 14.8. The highest BCUT2D eigenvalue weighted by molar-refractivity contribution is 6.46. The van der Waals surface area contributed by atoms with Crippen LogP contribution < -0.4 is 0 Å². The van der Waals surface area contributed by atoms with Crippen molar-refractivity contribution in [2.45, 2.75) is 12.5 Å². The van der Waals surface area contributed by atoms with E-state index < -0.39 is 9.28 Å². The van der Waals surface area contributed by atoms with E-state index in [0.717, 1.165) is 0 Å². The van der Waals surface area contributed by atoms with Crippen molar-refractivity contribution in [1.82, 2.24) is 0 Å². The molecule has 3 heteroatoms. The molecule has 0 aliphatic carbocycles. The van der Waals surface area contributed by atoms with E-state index in [-0.39, 0.29) is 0 Å². The van der Waals surface area contributed by atoms with E-state index in [1.165, 1.54) is 16.3 Å². The van der Waals surface area contributed by atoms with Gasteiger partial charge < -0.3 is 8.85 Å². The van der Waals surface area contributed by atoms with Gasteiger partial charge in [-0.3, -0.25) is 0 Å². The Kier molecular flexibility index (Phi) is 3.94. The third-order valence-electron chi connectivity index (χ3n) is 3.05. The minimum atomic E-state index is -1.24. The van der Waals surface area contributed by atoms with E-state index in [9.17, 15) is 0 Å². The van der Waals surface area contributed by atoms with Gasteiger partial charge in [0.25, 0.3) is 0 Å². The molecule has 0 spiro atoms. The lowest BCUT2D eigenvalue weighted by molar-refractivity contribution is 0.269. The number of benzene rings is 2. The van der Waals surface area contributed by atoms with Crippen LogP contribution in [0.1, 0.15) is 18.0 Å². The number of hydrogen-bond donors (Lipinski definition) is 0. The summed E-state index contributed by atoms with van der Waals surface area (Å²) in [5.41, 5.74) is 1.61. The maximum atomic E-state index is 5.44. The molecule has 2 aromatic rings. The van der Waals surface area contributed by atoms with Crippen molar-refractivity contribution in [3.8, 4) is 0 Å². The molecule has 0 N–H and O–H groups in total. The minimum absolute atomic E-state index is 0.307. The molecule has 89 valence electrons. The van der Waals surface area contributed by atoms with Crippen LogP contribution in [0.25, 0.3) is 10.8 Å². The van der Waals surface area contributed by atoms with Crippen molar-refractivity contribution >= 4 is 20.1 Å². The fraction of sp³-hybridized carbons (Fsp3) is 0.286. The maximum absolute atomic E-state index is 5.44. The van der Waals surface area contributed by atoms with Crippen LogP contribution in [-0.2, 0) is 8.85 Å². The normalized spacial score (nSPS) is 13.2. The first-order chi connectivity index (χ1) is 8.27. The molecular weight excluding hydrogens is 228 g/mol. The Bertz CT molecular complexity index is 489. The van der Waals surface area contributed by atoms with Gasteiger partial charge in [0.15, 0.2) is 0 Å². The lowest BCUT2D eigenvalue weighted by Crippen LogP contribution is -2.27. The molecule has 0 amide bonds. The Morgan fingerprint density at radius 2 is 1.59 bits per heavy atom. The van der Waals surface area contributed by atoms with E-state index in [4.69, 9.17) is 8.85 Å². The van der Waals surface area contributed by atoms with Crippen molar-refractivity contribution in [3.05, 3.63) is 48.0 Å². The first-order valence-corrected chi connectivity index (χ1v) is 7.09. The largest absolute Gasteiger partial charge is 0.396 e. The van der Waals surface area contributed by atoms with Gasteiger partial charge in [-0.25, -0.2) is 0 Å². The number of fused-ring (bicyclic) bond motifs is 1. The molecule has 0 bridgehead atoms. The van der Waals surface area contributed by atoms with Crippen molar-refractivity contribution in [2.24, 2.45) is 0 Å². The molecule has 17 heavy (non-hydrogen) atoms. The van der Waals surface area contributed by atoms with Crippen molar-refractivity contribution < 1.29 is 8.85 Å². The first kappa shape index (κ1) is 12.3. The highest BCUT2D eigenvalue weighted by Crippen LogP contribution is 2.27. The van der Waals surface area contributed by atoms with Gasteiger partial charge in [-0.05, 0) is 16.3 Å². The molecule has 2 aromatic carbocycles. The summed E-state index contributed by atoms with van der Waals surface area (Å²) in [4.78, 5) is 0. The van der Waals surface area contributed by atoms with Crippen LogP contribution in [0, 0.1) is 0 Å². The van der Waals surface area contributed by atoms with Gasteiger partial charge in [0.1, 0.15) is 0 Å². The summed E-state index contributed by atoms with van der Waals surface area (Å²) in [5, 5.41) is 2.56. The summed E-state index contributed by atoms with van der Waals surface area (Å²) < 4.78 is 10.9. The highest BCUT2D eigenvalue weighted by Gasteiger charge is 2.24. The fourth-order valence-electron chi connectivity index (χ4n) is 2.19. The third-order valence-corrected chi connectivity index (χ3v) is 4.87. The van der Waals surface area contributed by atoms with Gasteiger partial charge in [0, 0.05) is 19.8 Å². The summed E-state index contributed by atoms with van der Waals surface area (Å²) in [5.74, 6) is 0. The average molecular weight is 245 g/mol. The van der Waals surface area contributed by atoms with Crippen LogP contribution in [0.15, 0.2) is 42.5 Å². The van der Waals surface area contributed by atoms with Gasteiger partial charge in [-0.15, -0.1) is 0 Å². The van der Waals surface area contributed by atoms with E-state index in [1.54, 1.807) is 14.2 Å².